The number of nitrogens with zero attached hydrogens (tertiary/aromatic N) is 2. The largest absolute Gasteiger partial charge is 0.390 e. The molecule has 1 saturated carbocycles. The highest BCUT2D eigenvalue weighted by atomic mass is 31.2. The van der Waals surface area contributed by atoms with Crippen LogP contribution in [0.2, 0.25) is 0 Å². The van der Waals surface area contributed by atoms with Crippen LogP contribution in [0.25, 0.3) is 0 Å². The van der Waals surface area contributed by atoms with Crippen LogP contribution in [0.1, 0.15) is 48.7 Å². The topological polar surface area (TPSA) is 126 Å². The first-order valence-electron chi connectivity index (χ1n) is 10.8. The molecule has 1 aromatic carbocycles. The molecule has 0 amide bonds. The molecule has 1 aliphatic rings. The van der Waals surface area contributed by atoms with Crippen molar-refractivity contribution in [1.82, 2.24) is 9.13 Å². The van der Waals surface area contributed by atoms with Crippen molar-refractivity contribution in [3.05, 3.63) is 68.5 Å². The fourth-order valence-corrected chi connectivity index (χ4v) is 5.28. The molecule has 11 heteroatoms. The lowest BCUT2D eigenvalue weighted by Gasteiger charge is -2.21. The zero-order valence-electron chi connectivity index (χ0n) is 18.9. The van der Waals surface area contributed by atoms with Gasteiger partial charge in [0.1, 0.15) is 6.35 Å². The average molecular weight is 480 g/mol. The van der Waals surface area contributed by atoms with Crippen LogP contribution in [0.4, 0.5) is 0 Å². The molecule has 3 atom stereocenters. The molecule has 0 saturated heterocycles. The number of hydrogen-bond donors (Lipinski definition) is 1. The van der Waals surface area contributed by atoms with Gasteiger partial charge in [-0.25, -0.2) is 4.79 Å². The van der Waals surface area contributed by atoms with E-state index in [1.54, 1.807) is 32.0 Å². The summed E-state index contributed by atoms with van der Waals surface area (Å²) in [6.07, 6.45) is -0.218. The Hall–Kier alpha value is -2.36. The van der Waals surface area contributed by atoms with Crippen molar-refractivity contribution in [3.8, 4) is 0 Å². The Morgan fingerprint density at radius 2 is 1.76 bits per heavy atom. The summed E-state index contributed by atoms with van der Waals surface area (Å²) in [7, 11) is -3.46. The molecule has 1 aliphatic carbocycles. The Morgan fingerprint density at radius 1 is 1.12 bits per heavy atom. The number of aryl methyl sites for hydroxylation is 1. The van der Waals surface area contributed by atoms with Crippen LogP contribution >= 0.6 is 7.60 Å². The highest BCUT2D eigenvalue weighted by Crippen LogP contribution is 2.49. The number of carbonyl (C=O) groups is 1. The van der Waals surface area contributed by atoms with Gasteiger partial charge in [0.2, 0.25) is 0 Å². The summed E-state index contributed by atoms with van der Waals surface area (Å²) in [5.74, 6) is -0.719. The smallest absolute Gasteiger partial charge is 0.356 e. The van der Waals surface area contributed by atoms with E-state index in [9.17, 15) is 24.1 Å². The van der Waals surface area contributed by atoms with Crippen LogP contribution in [-0.4, -0.2) is 51.9 Å². The second-order valence-corrected chi connectivity index (χ2v) is 9.78. The van der Waals surface area contributed by atoms with E-state index in [1.807, 2.05) is 0 Å². The van der Waals surface area contributed by atoms with E-state index in [0.717, 1.165) is 0 Å². The number of aromatic nitrogens is 2. The predicted molar refractivity (Wildman–Crippen MR) is 121 cm³/mol. The quantitative estimate of drug-likeness (QED) is 0.542. The molecule has 0 spiro atoms. The van der Waals surface area contributed by atoms with Crippen molar-refractivity contribution in [2.45, 2.75) is 51.9 Å². The fraction of sp³-hybridized carbons (Fsp3) is 0.500. The zero-order chi connectivity index (χ0) is 24.2. The summed E-state index contributed by atoms with van der Waals surface area (Å²) >= 11 is 0. The van der Waals surface area contributed by atoms with Crippen LogP contribution in [-0.2, 0) is 18.3 Å². The molecule has 1 heterocycles. The van der Waals surface area contributed by atoms with Crippen molar-refractivity contribution < 1.29 is 28.3 Å². The number of hydrogen-bond acceptors (Lipinski definition) is 8. The standard InChI is InChI=1S/C22H29N2O8P/c1-4-31-33(29,32-5-2)14-30-19-12-17(11-18(19)25)23-13-15(3)20(26)24(22(23)28)21(27)16-9-7-6-8-10-16/h6-10,13,17-19,25H,4-5,11-12,14H2,1-3H3/t17-,18-,19-/m0/s1. The van der Waals surface area contributed by atoms with E-state index in [0.29, 0.717) is 4.57 Å². The molecule has 180 valence electrons. The van der Waals surface area contributed by atoms with Crippen molar-refractivity contribution >= 4 is 13.5 Å². The van der Waals surface area contributed by atoms with Crippen molar-refractivity contribution in [3.63, 3.8) is 0 Å². The lowest BCUT2D eigenvalue weighted by molar-refractivity contribution is -0.00713. The summed E-state index contributed by atoms with van der Waals surface area (Å²) in [5.41, 5.74) is -1.04. The van der Waals surface area contributed by atoms with E-state index in [-0.39, 0.29) is 43.5 Å². The number of aliphatic hydroxyl groups excluding tert-OH is 1. The van der Waals surface area contributed by atoms with Gasteiger partial charge in [-0.3, -0.25) is 18.7 Å². The number of benzene rings is 1. The van der Waals surface area contributed by atoms with Gasteiger partial charge in [0.25, 0.3) is 11.5 Å². The first-order valence-corrected chi connectivity index (χ1v) is 12.6. The summed E-state index contributed by atoms with van der Waals surface area (Å²) < 4.78 is 30.6. The van der Waals surface area contributed by atoms with Crippen LogP contribution < -0.4 is 11.2 Å². The Kier molecular flexibility index (Phi) is 8.20. The normalized spacial score (nSPS) is 20.8. The van der Waals surface area contributed by atoms with E-state index in [1.165, 1.54) is 29.8 Å². The summed E-state index contributed by atoms with van der Waals surface area (Å²) in [6, 6.07) is 7.54. The van der Waals surface area contributed by atoms with Gasteiger partial charge in [-0.1, -0.05) is 18.2 Å². The predicted octanol–water partition coefficient (Wildman–Crippen LogP) is 2.31. The average Bonchev–Trinajstić information content (AvgIpc) is 3.16. The molecule has 1 aromatic heterocycles. The van der Waals surface area contributed by atoms with Gasteiger partial charge in [-0.15, -0.1) is 0 Å². The van der Waals surface area contributed by atoms with Crippen LogP contribution in [0.5, 0.6) is 0 Å². The molecule has 1 N–H and O–H groups in total. The van der Waals surface area contributed by atoms with Gasteiger partial charge < -0.3 is 18.9 Å². The van der Waals surface area contributed by atoms with Gasteiger partial charge in [-0.05, 0) is 45.7 Å². The second kappa shape index (κ2) is 10.7. The SMILES string of the molecule is CCOP(=O)(CO[C@H]1C[C@@H](n2cc(C)c(=O)n(C(=O)c3ccccc3)c2=O)C[C@@H]1O)OCC. The summed E-state index contributed by atoms with van der Waals surface area (Å²) in [4.78, 5) is 38.7. The summed E-state index contributed by atoms with van der Waals surface area (Å²) in [5, 5.41) is 10.5. The van der Waals surface area contributed by atoms with Crippen LogP contribution in [0, 0.1) is 6.92 Å². The molecule has 1 fully saturated rings. The van der Waals surface area contributed by atoms with Gasteiger partial charge in [0.05, 0.1) is 25.4 Å². The number of carbonyl (C=O) groups excluding carboxylic acids is 1. The van der Waals surface area contributed by atoms with Crippen molar-refractivity contribution in [1.29, 1.82) is 0 Å². The van der Waals surface area contributed by atoms with Gasteiger partial charge in [0.15, 0.2) is 0 Å². The van der Waals surface area contributed by atoms with E-state index in [4.69, 9.17) is 13.8 Å². The van der Waals surface area contributed by atoms with E-state index < -0.39 is 43.0 Å². The lowest BCUT2D eigenvalue weighted by atomic mass is 10.2. The Bertz CT molecular complexity index is 1130. The monoisotopic (exact) mass is 480 g/mol. The minimum Gasteiger partial charge on any atom is -0.390 e. The van der Waals surface area contributed by atoms with Crippen LogP contribution in [0.15, 0.2) is 46.1 Å². The molecule has 3 rings (SSSR count). The molecule has 0 radical (unpaired) electrons. The first-order chi connectivity index (χ1) is 15.7. The van der Waals surface area contributed by atoms with Crippen molar-refractivity contribution in [2.75, 3.05) is 19.6 Å². The maximum atomic E-state index is 13.1. The van der Waals surface area contributed by atoms with E-state index in [2.05, 4.69) is 0 Å². The lowest BCUT2D eigenvalue weighted by Crippen LogP contribution is -2.45. The van der Waals surface area contributed by atoms with Crippen molar-refractivity contribution in [2.24, 2.45) is 0 Å². The molecule has 33 heavy (non-hydrogen) atoms. The molecule has 2 aromatic rings. The maximum absolute atomic E-state index is 13.1. The third-order valence-corrected chi connectivity index (χ3v) is 7.22. The second-order valence-electron chi connectivity index (χ2n) is 7.79. The van der Waals surface area contributed by atoms with E-state index >= 15 is 0 Å². The van der Waals surface area contributed by atoms with Gasteiger partial charge >= 0.3 is 13.3 Å². The highest BCUT2D eigenvalue weighted by Gasteiger charge is 2.38. The third kappa shape index (κ3) is 5.59. The maximum Gasteiger partial charge on any atom is 0.356 e. The molecule has 0 unspecified atom stereocenters. The highest BCUT2D eigenvalue weighted by molar-refractivity contribution is 7.53. The molecular formula is C22H29N2O8P. The Labute approximate surface area is 191 Å². The third-order valence-electron chi connectivity index (χ3n) is 5.45. The van der Waals surface area contributed by atoms with Gasteiger partial charge in [-0.2, -0.15) is 4.57 Å². The number of ether oxygens (including phenoxy) is 1. The number of rotatable bonds is 9. The Balaban J connectivity index is 1.85. The molecule has 0 bridgehead atoms. The molecule has 0 aliphatic heterocycles. The molecule has 10 nitrogen and oxygen atoms in total. The van der Waals surface area contributed by atoms with Crippen LogP contribution in [0.3, 0.4) is 0 Å². The summed E-state index contributed by atoms with van der Waals surface area (Å²) in [6.45, 7) is 5.26. The minimum atomic E-state index is -3.46. The number of aliphatic hydroxyl groups is 1. The molecular weight excluding hydrogens is 451 g/mol. The zero-order valence-corrected chi connectivity index (χ0v) is 19.8. The minimum absolute atomic E-state index is 0.162. The first kappa shape index (κ1) is 25.3. The van der Waals surface area contributed by atoms with Gasteiger partial charge in [0, 0.05) is 23.4 Å². The Morgan fingerprint density at radius 3 is 2.36 bits per heavy atom. The fourth-order valence-electron chi connectivity index (χ4n) is 3.90.